The normalized spacial score (nSPS) is 17.4. The molecule has 0 amide bonds. The Morgan fingerprint density at radius 2 is 1.87 bits per heavy atom. The number of halogens is 1. The molecule has 0 saturated heterocycles. The van der Waals surface area contributed by atoms with Crippen LogP contribution in [0.5, 0.6) is 0 Å². The van der Waals surface area contributed by atoms with E-state index in [1.165, 1.54) is 0 Å². The standard InChI is InChI=1S/C17H31ClN2O2S/c1-12(10-13(22-9)15(18)19-8)11-14(16(2,3)4)20-23(21)17(5,6)7/h10,14,20H,8,11H2,1-7,9H3/b12-10+,15-13+/t14-,23-/m0/s1. The van der Waals surface area contributed by atoms with Crippen LogP contribution in [-0.2, 0) is 16.1 Å². The molecule has 0 aromatic rings. The van der Waals surface area contributed by atoms with Crippen molar-refractivity contribution in [3.63, 3.8) is 0 Å². The zero-order chi connectivity index (χ0) is 18.4. The number of hydrogen-bond acceptors (Lipinski definition) is 4. The fraction of sp³-hybridized carbons (Fsp3) is 0.706. The Kier molecular flexibility index (Phi) is 8.92. The maximum Gasteiger partial charge on any atom is 0.170 e. The van der Waals surface area contributed by atoms with E-state index in [4.69, 9.17) is 16.3 Å². The van der Waals surface area contributed by atoms with Gasteiger partial charge >= 0.3 is 0 Å². The lowest BCUT2D eigenvalue weighted by molar-refractivity contribution is 0.291. The van der Waals surface area contributed by atoms with Gasteiger partial charge in [0.25, 0.3) is 0 Å². The average Bonchev–Trinajstić information content (AvgIpc) is 2.40. The van der Waals surface area contributed by atoms with Gasteiger partial charge in [-0.3, -0.25) is 0 Å². The van der Waals surface area contributed by atoms with Crippen LogP contribution < -0.4 is 4.72 Å². The number of nitrogens with zero attached hydrogens (tertiary/aromatic N) is 1. The summed E-state index contributed by atoms with van der Waals surface area (Å²) in [6.07, 6.45) is 2.57. The lowest BCUT2D eigenvalue weighted by Crippen LogP contribution is -2.49. The molecule has 0 unspecified atom stereocenters. The molecule has 0 aliphatic heterocycles. The van der Waals surface area contributed by atoms with Gasteiger partial charge in [-0.2, -0.15) is 0 Å². The van der Waals surface area contributed by atoms with Gasteiger partial charge in [0, 0.05) is 11.4 Å². The Morgan fingerprint density at radius 1 is 1.35 bits per heavy atom. The minimum Gasteiger partial charge on any atom is -0.598 e. The monoisotopic (exact) mass is 362 g/mol. The maximum atomic E-state index is 12.4. The molecule has 0 aliphatic rings. The summed E-state index contributed by atoms with van der Waals surface area (Å²) in [7, 11) is 1.54. The van der Waals surface area contributed by atoms with Crippen molar-refractivity contribution in [2.45, 2.75) is 65.7 Å². The molecule has 0 spiro atoms. The molecule has 4 nitrogen and oxygen atoms in total. The van der Waals surface area contributed by atoms with Gasteiger partial charge in [-0.05, 0) is 52.3 Å². The van der Waals surface area contributed by atoms with Crippen LogP contribution >= 0.6 is 11.6 Å². The molecule has 0 aromatic heterocycles. The number of allylic oxidation sites excluding steroid dienone is 1. The first-order valence-electron chi connectivity index (χ1n) is 7.58. The van der Waals surface area contributed by atoms with Gasteiger partial charge < -0.3 is 9.29 Å². The van der Waals surface area contributed by atoms with Gasteiger partial charge in [0.05, 0.1) is 13.2 Å². The van der Waals surface area contributed by atoms with Crippen molar-refractivity contribution in [2.24, 2.45) is 10.4 Å². The van der Waals surface area contributed by atoms with Crippen LogP contribution in [-0.4, -0.2) is 29.2 Å². The fourth-order valence-electron chi connectivity index (χ4n) is 1.72. The van der Waals surface area contributed by atoms with E-state index in [9.17, 15) is 4.55 Å². The maximum absolute atomic E-state index is 12.4. The van der Waals surface area contributed by atoms with E-state index in [1.54, 1.807) is 7.11 Å². The van der Waals surface area contributed by atoms with Crippen molar-refractivity contribution < 1.29 is 9.29 Å². The molecule has 0 aliphatic carbocycles. The van der Waals surface area contributed by atoms with Crippen LogP contribution in [0.4, 0.5) is 0 Å². The molecule has 0 rings (SSSR count). The molecule has 0 aromatic carbocycles. The van der Waals surface area contributed by atoms with Gasteiger partial charge in [0.15, 0.2) is 10.9 Å². The molecular weight excluding hydrogens is 332 g/mol. The van der Waals surface area contributed by atoms with E-state index in [0.717, 1.165) is 12.0 Å². The fourth-order valence-corrected chi connectivity index (χ4v) is 2.90. The van der Waals surface area contributed by atoms with Crippen LogP contribution in [0.15, 0.2) is 27.6 Å². The lowest BCUT2D eigenvalue weighted by atomic mass is 9.84. The third-order valence-corrected chi connectivity index (χ3v) is 5.23. The second-order valence-electron chi connectivity index (χ2n) is 7.63. The van der Waals surface area contributed by atoms with Crippen LogP contribution in [0.3, 0.4) is 0 Å². The van der Waals surface area contributed by atoms with Crippen LogP contribution in [0, 0.1) is 5.41 Å². The zero-order valence-electron chi connectivity index (χ0n) is 15.6. The van der Waals surface area contributed by atoms with E-state index < -0.39 is 11.4 Å². The highest BCUT2D eigenvalue weighted by Gasteiger charge is 2.34. The van der Waals surface area contributed by atoms with Crippen molar-refractivity contribution in [1.29, 1.82) is 0 Å². The molecule has 0 heterocycles. The molecule has 134 valence electrons. The van der Waals surface area contributed by atoms with Crippen molar-refractivity contribution in [1.82, 2.24) is 4.72 Å². The van der Waals surface area contributed by atoms with Crippen LogP contribution in [0.1, 0.15) is 54.9 Å². The van der Waals surface area contributed by atoms with E-state index in [1.807, 2.05) is 33.8 Å². The Balaban J connectivity index is 5.30. The number of ether oxygens (including phenoxy) is 1. The van der Waals surface area contributed by atoms with E-state index in [-0.39, 0.29) is 21.4 Å². The second-order valence-corrected chi connectivity index (χ2v) is 9.99. The molecule has 2 atom stereocenters. The minimum absolute atomic E-state index is 0.0482. The summed E-state index contributed by atoms with van der Waals surface area (Å²) in [6, 6.07) is 0.0485. The molecule has 0 bridgehead atoms. The smallest absolute Gasteiger partial charge is 0.170 e. The number of rotatable bonds is 7. The summed E-state index contributed by atoms with van der Waals surface area (Å²) in [5, 5.41) is 0.227. The Morgan fingerprint density at radius 3 is 2.22 bits per heavy atom. The summed E-state index contributed by atoms with van der Waals surface area (Å²) in [5.41, 5.74) is 1.01. The summed E-state index contributed by atoms with van der Waals surface area (Å²) in [5.74, 6) is 0.476. The lowest BCUT2D eigenvalue weighted by Gasteiger charge is -2.35. The highest BCUT2D eigenvalue weighted by atomic mass is 35.5. The van der Waals surface area contributed by atoms with Crippen LogP contribution in [0.2, 0.25) is 0 Å². The van der Waals surface area contributed by atoms with Crippen molar-refractivity contribution >= 4 is 29.7 Å². The van der Waals surface area contributed by atoms with Crippen molar-refractivity contribution in [3.8, 4) is 0 Å². The summed E-state index contributed by atoms with van der Waals surface area (Å²) in [4.78, 5) is 3.68. The highest BCUT2D eigenvalue weighted by molar-refractivity contribution is 7.90. The SMILES string of the molecule is C=N/C(Cl)=C(\C=C(/C)C[C@H](N[S@@+]([O-])C(C)(C)C)C(C)(C)C)OC. The van der Waals surface area contributed by atoms with E-state index in [2.05, 4.69) is 37.2 Å². The number of aliphatic imine (C=N–C) groups is 1. The highest BCUT2D eigenvalue weighted by Crippen LogP contribution is 2.28. The molecule has 0 radical (unpaired) electrons. The van der Waals surface area contributed by atoms with Crippen molar-refractivity contribution in [3.05, 3.63) is 22.6 Å². The summed E-state index contributed by atoms with van der Waals surface area (Å²) in [6.45, 7) is 17.7. The van der Waals surface area contributed by atoms with Gasteiger partial charge in [0.2, 0.25) is 0 Å². The Labute approximate surface area is 149 Å². The van der Waals surface area contributed by atoms with Gasteiger partial charge in [0.1, 0.15) is 4.75 Å². The Bertz CT molecular complexity index is 462. The predicted octanol–water partition coefficient (Wildman–Crippen LogP) is 4.54. The zero-order valence-corrected chi connectivity index (χ0v) is 17.2. The van der Waals surface area contributed by atoms with Gasteiger partial charge in [-0.25, -0.2) is 4.99 Å². The first kappa shape index (κ1) is 22.5. The Hall–Kier alpha value is -0.490. The molecule has 23 heavy (non-hydrogen) atoms. The number of methoxy groups -OCH3 is 1. The summed E-state index contributed by atoms with van der Waals surface area (Å²) >= 11 is 4.83. The van der Waals surface area contributed by atoms with E-state index in [0.29, 0.717) is 5.76 Å². The quantitative estimate of drug-likeness (QED) is 0.238. The molecule has 0 fully saturated rings. The predicted molar refractivity (Wildman–Crippen MR) is 102 cm³/mol. The summed E-state index contributed by atoms with van der Waals surface area (Å²) < 4.78 is 20.6. The second kappa shape index (κ2) is 9.11. The largest absolute Gasteiger partial charge is 0.598 e. The minimum atomic E-state index is -1.13. The van der Waals surface area contributed by atoms with Gasteiger partial charge in [-0.15, -0.1) is 4.72 Å². The van der Waals surface area contributed by atoms with Crippen LogP contribution in [0.25, 0.3) is 0 Å². The third-order valence-electron chi connectivity index (χ3n) is 3.32. The first-order chi connectivity index (χ1) is 10.3. The molecule has 0 saturated carbocycles. The molecule has 1 N–H and O–H groups in total. The molecule has 6 heteroatoms. The van der Waals surface area contributed by atoms with Gasteiger partial charge in [-0.1, -0.05) is 37.9 Å². The first-order valence-corrected chi connectivity index (χ1v) is 9.11. The third kappa shape index (κ3) is 8.25. The number of hydrogen-bond donors (Lipinski definition) is 1. The molecular formula is C17H31ClN2O2S. The van der Waals surface area contributed by atoms with E-state index >= 15 is 0 Å². The van der Waals surface area contributed by atoms with Crippen molar-refractivity contribution in [2.75, 3.05) is 7.11 Å². The average molecular weight is 363 g/mol. The topological polar surface area (TPSA) is 56.7 Å². The number of nitrogens with one attached hydrogen (secondary N) is 1.